The first kappa shape index (κ1) is 20.3. The number of ether oxygens (including phenoxy) is 1. The largest absolute Gasteiger partial charge is 0.454 e. The average molecular weight is 393 g/mol. The summed E-state index contributed by atoms with van der Waals surface area (Å²) in [6, 6.07) is 14.9. The molecule has 0 aliphatic rings. The number of carbonyl (C=O) groups excluding carboxylic acids is 2. The fourth-order valence-corrected chi connectivity index (χ4v) is 2.90. The summed E-state index contributed by atoms with van der Waals surface area (Å²) >= 11 is 0. The Balaban J connectivity index is 1.53. The SMILES string of the molecule is CCc1ccc(CN(C)C(=O)COC(=O)Cn2cnc3ccccc3c2=O)cc1. The smallest absolute Gasteiger partial charge is 0.326 e. The Morgan fingerprint density at radius 2 is 1.76 bits per heavy atom. The van der Waals surface area contributed by atoms with E-state index >= 15 is 0 Å². The lowest BCUT2D eigenvalue weighted by molar-refractivity contribution is -0.152. The van der Waals surface area contributed by atoms with Crippen LogP contribution in [0.3, 0.4) is 0 Å². The zero-order valence-corrected chi connectivity index (χ0v) is 16.5. The fraction of sp³-hybridized carbons (Fsp3) is 0.273. The fourth-order valence-electron chi connectivity index (χ4n) is 2.90. The van der Waals surface area contributed by atoms with Crippen LogP contribution in [0.5, 0.6) is 0 Å². The third kappa shape index (κ3) is 5.07. The Morgan fingerprint density at radius 1 is 1.07 bits per heavy atom. The van der Waals surface area contributed by atoms with Gasteiger partial charge in [-0.05, 0) is 29.7 Å². The van der Waals surface area contributed by atoms with E-state index in [1.54, 1.807) is 31.3 Å². The molecule has 0 unspecified atom stereocenters. The number of hydrogen-bond acceptors (Lipinski definition) is 5. The Bertz CT molecular complexity index is 1070. The van der Waals surface area contributed by atoms with Gasteiger partial charge in [0.1, 0.15) is 6.54 Å². The van der Waals surface area contributed by atoms with Crippen molar-refractivity contribution in [3.05, 3.63) is 76.3 Å². The van der Waals surface area contributed by atoms with Crippen molar-refractivity contribution in [2.24, 2.45) is 0 Å². The van der Waals surface area contributed by atoms with Gasteiger partial charge in [-0.1, -0.05) is 43.3 Å². The van der Waals surface area contributed by atoms with Crippen molar-refractivity contribution in [2.45, 2.75) is 26.4 Å². The van der Waals surface area contributed by atoms with Gasteiger partial charge < -0.3 is 9.64 Å². The minimum Gasteiger partial charge on any atom is -0.454 e. The molecule has 0 aliphatic heterocycles. The van der Waals surface area contributed by atoms with E-state index in [0.717, 1.165) is 12.0 Å². The lowest BCUT2D eigenvalue weighted by Crippen LogP contribution is -2.32. The van der Waals surface area contributed by atoms with Crippen molar-refractivity contribution in [3.8, 4) is 0 Å². The molecule has 3 aromatic rings. The monoisotopic (exact) mass is 393 g/mol. The molecule has 2 aromatic carbocycles. The second-order valence-electron chi connectivity index (χ2n) is 6.78. The topological polar surface area (TPSA) is 81.5 Å². The number of esters is 1. The number of hydrogen-bond donors (Lipinski definition) is 0. The predicted octanol–water partition coefficient (Wildman–Crippen LogP) is 2.16. The van der Waals surface area contributed by atoms with Crippen LogP contribution < -0.4 is 5.56 Å². The number of amides is 1. The Kier molecular flexibility index (Phi) is 6.39. The van der Waals surface area contributed by atoms with E-state index in [1.807, 2.05) is 24.3 Å². The highest BCUT2D eigenvalue weighted by atomic mass is 16.5. The van der Waals surface area contributed by atoms with Crippen LogP contribution in [0.1, 0.15) is 18.1 Å². The molecule has 150 valence electrons. The van der Waals surface area contributed by atoms with Gasteiger partial charge in [-0.15, -0.1) is 0 Å². The van der Waals surface area contributed by atoms with Gasteiger partial charge >= 0.3 is 5.97 Å². The standard InChI is InChI=1S/C22H23N3O4/c1-3-16-8-10-17(11-9-16)12-24(2)20(26)14-29-21(27)13-25-15-23-19-7-5-4-6-18(19)22(25)28/h4-11,15H,3,12-14H2,1-2H3. The van der Waals surface area contributed by atoms with E-state index in [4.69, 9.17) is 4.74 Å². The second kappa shape index (κ2) is 9.14. The molecule has 1 amide bonds. The molecule has 0 saturated carbocycles. The van der Waals surface area contributed by atoms with Crippen LogP contribution in [-0.2, 0) is 33.8 Å². The number of benzene rings is 2. The average Bonchev–Trinajstić information content (AvgIpc) is 2.74. The number of rotatable bonds is 7. The number of aromatic nitrogens is 2. The number of nitrogens with zero attached hydrogens (tertiary/aromatic N) is 3. The van der Waals surface area contributed by atoms with Crippen molar-refractivity contribution in [3.63, 3.8) is 0 Å². The molecule has 0 radical (unpaired) electrons. The third-order valence-electron chi connectivity index (χ3n) is 4.66. The number of carbonyl (C=O) groups is 2. The van der Waals surface area contributed by atoms with E-state index in [1.165, 1.54) is 21.4 Å². The molecular formula is C22H23N3O4. The molecule has 0 bridgehead atoms. The molecule has 29 heavy (non-hydrogen) atoms. The molecule has 0 fully saturated rings. The first-order valence-corrected chi connectivity index (χ1v) is 9.39. The first-order valence-electron chi connectivity index (χ1n) is 9.39. The summed E-state index contributed by atoms with van der Waals surface area (Å²) in [6.45, 7) is 1.83. The second-order valence-corrected chi connectivity index (χ2v) is 6.78. The van der Waals surface area contributed by atoms with Crippen LogP contribution in [0.2, 0.25) is 0 Å². The molecule has 0 atom stereocenters. The lowest BCUT2D eigenvalue weighted by Gasteiger charge is -2.17. The summed E-state index contributed by atoms with van der Waals surface area (Å²) in [5, 5.41) is 0.424. The minimum atomic E-state index is -0.668. The highest BCUT2D eigenvalue weighted by Crippen LogP contribution is 2.08. The normalized spacial score (nSPS) is 10.7. The number of para-hydroxylation sites is 1. The van der Waals surface area contributed by atoms with Gasteiger partial charge in [-0.3, -0.25) is 19.0 Å². The summed E-state index contributed by atoms with van der Waals surface area (Å²) in [5.41, 5.74) is 2.46. The van der Waals surface area contributed by atoms with Crippen molar-refractivity contribution < 1.29 is 14.3 Å². The van der Waals surface area contributed by atoms with Crippen LogP contribution in [0.4, 0.5) is 0 Å². The van der Waals surface area contributed by atoms with Crippen LogP contribution in [0.25, 0.3) is 10.9 Å². The highest BCUT2D eigenvalue weighted by Gasteiger charge is 2.14. The summed E-state index contributed by atoms with van der Waals surface area (Å²) in [5.74, 6) is -0.986. The lowest BCUT2D eigenvalue weighted by atomic mass is 10.1. The maximum Gasteiger partial charge on any atom is 0.326 e. The molecule has 1 heterocycles. The summed E-state index contributed by atoms with van der Waals surface area (Å²) in [4.78, 5) is 42.4. The Hall–Kier alpha value is -3.48. The van der Waals surface area contributed by atoms with Crippen LogP contribution >= 0.6 is 0 Å². The minimum absolute atomic E-state index is 0.299. The van der Waals surface area contributed by atoms with E-state index < -0.39 is 5.97 Å². The zero-order chi connectivity index (χ0) is 20.8. The van der Waals surface area contributed by atoms with Gasteiger partial charge in [-0.25, -0.2) is 4.98 Å². The summed E-state index contributed by atoms with van der Waals surface area (Å²) < 4.78 is 6.23. The molecule has 7 nitrogen and oxygen atoms in total. The number of fused-ring (bicyclic) bond motifs is 1. The van der Waals surface area contributed by atoms with Crippen molar-refractivity contribution in [1.82, 2.24) is 14.5 Å². The van der Waals surface area contributed by atoms with Gasteiger partial charge in [0.15, 0.2) is 6.61 Å². The summed E-state index contributed by atoms with van der Waals surface area (Å²) in [6.07, 6.45) is 2.26. The van der Waals surface area contributed by atoms with Crippen LogP contribution in [0, 0.1) is 0 Å². The van der Waals surface area contributed by atoms with Crippen molar-refractivity contribution in [2.75, 3.05) is 13.7 Å². The molecule has 1 aromatic heterocycles. The van der Waals surface area contributed by atoms with Crippen LogP contribution in [0.15, 0.2) is 59.7 Å². The highest BCUT2D eigenvalue weighted by molar-refractivity contribution is 5.81. The van der Waals surface area contributed by atoms with Crippen molar-refractivity contribution >= 4 is 22.8 Å². The van der Waals surface area contributed by atoms with E-state index in [9.17, 15) is 14.4 Å². The summed E-state index contributed by atoms with van der Waals surface area (Å²) in [7, 11) is 1.65. The Labute approximate surface area is 168 Å². The van der Waals surface area contributed by atoms with Crippen LogP contribution in [-0.4, -0.2) is 40.0 Å². The van der Waals surface area contributed by atoms with Crippen molar-refractivity contribution in [1.29, 1.82) is 0 Å². The molecule has 3 rings (SSSR count). The molecular weight excluding hydrogens is 370 g/mol. The van der Waals surface area contributed by atoms with Gasteiger partial charge in [0.2, 0.25) is 0 Å². The first-order chi connectivity index (χ1) is 14.0. The maximum atomic E-state index is 12.4. The zero-order valence-electron chi connectivity index (χ0n) is 16.5. The number of likely N-dealkylation sites (N-methyl/N-ethyl adjacent to an activating group) is 1. The Morgan fingerprint density at radius 3 is 2.48 bits per heavy atom. The molecule has 0 N–H and O–H groups in total. The van der Waals surface area contributed by atoms with Gasteiger partial charge in [0.25, 0.3) is 11.5 Å². The molecule has 0 spiro atoms. The van der Waals surface area contributed by atoms with E-state index in [2.05, 4.69) is 11.9 Å². The molecule has 7 heteroatoms. The van der Waals surface area contributed by atoms with Gasteiger partial charge in [-0.2, -0.15) is 0 Å². The predicted molar refractivity (Wildman–Crippen MR) is 109 cm³/mol. The maximum absolute atomic E-state index is 12.4. The van der Waals surface area contributed by atoms with E-state index in [0.29, 0.717) is 17.4 Å². The number of aryl methyl sites for hydroxylation is 1. The third-order valence-corrected chi connectivity index (χ3v) is 4.66. The van der Waals surface area contributed by atoms with Gasteiger partial charge in [0.05, 0.1) is 17.2 Å². The van der Waals surface area contributed by atoms with Gasteiger partial charge in [0, 0.05) is 13.6 Å². The van der Waals surface area contributed by atoms with E-state index in [-0.39, 0.29) is 24.6 Å². The molecule has 0 saturated heterocycles. The molecule has 0 aliphatic carbocycles. The quantitative estimate of drug-likeness (QED) is 0.575.